The molecule has 0 unspecified atom stereocenters. The Hall–Kier alpha value is -2.28. The number of nitrogens with one attached hydrogen (secondary N) is 1. The van der Waals surface area contributed by atoms with Crippen LogP contribution in [0, 0.1) is 23.2 Å². The topological polar surface area (TPSA) is 30.5 Å². The molecule has 0 saturated heterocycles. The SMILES string of the molecule is COc1cc(CNc2ccc(C)c(C)c2)cc(I)c1OCc1ccccc1F. The zero-order valence-corrected chi connectivity index (χ0v) is 18.3. The van der Waals surface area contributed by atoms with Gasteiger partial charge in [-0.25, -0.2) is 4.39 Å². The summed E-state index contributed by atoms with van der Waals surface area (Å²) in [6.45, 7) is 5.03. The molecule has 0 aromatic heterocycles. The summed E-state index contributed by atoms with van der Waals surface area (Å²) in [5, 5.41) is 3.44. The number of anilines is 1. The van der Waals surface area contributed by atoms with Crippen LogP contribution in [0.1, 0.15) is 22.3 Å². The van der Waals surface area contributed by atoms with E-state index in [1.54, 1.807) is 25.3 Å². The Morgan fingerprint density at radius 1 is 1.00 bits per heavy atom. The van der Waals surface area contributed by atoms with Gasteiger partial charge in [0.05, 0.1) is 10.7 Å². The smallest absolute Gasteiger partial charge is 0.174 e. The lowest BCUT2D eigenvalue weighted by Crippen LogP contribution is -2.04. The second-order valence-electron chi connectivity index (χ2n) is 6.64. The van der Waals surface area contributed by atoms with Gasteiger partial charge in [0, 0.05) is 17.8 Å². The first-order valence-corrected chi connectivity index (χ1v) is 10.1. The Morgan fingerprint density at radius 2 is 1.79 bits per heavy atom. The van der Waals surface area contributed by atoms with Crippen molar-refractivity contribution < 1.29 is 13.9 Å². The lowest BCUT2D eigenvalue weighted by molar-refractivity contribution is 0.277. The third-order valence-corrected chi connectivity index (χ3v) is 5.42. The van der Waals surface area contributed by atoms with E-state index in [0.717, 1.165) is 14.8 Å². The monoisotopic (exact) mass is 491 g/mol. The van der Waals surface area contributed by atoms with Crippen LogP contribution in [-0.4, -0.2) is 7.11 Å². The molecule has 0 aliphatic heterocycles. The molecule has 0 aliphatic rings. The van der Waals surface area contributed by atoms with Crippen molar-refractivity contribution in [3.8, 4) is 11.5 Å². The Kier molecular flexibility index (Phi) is 6.78. The average Bonchev–Trinajstić information content (AvgIpc) is 2.68. The highest BCUT2D eigenvalue weighted by Crippen LogP contribution is 2.35. The number of benzene rings is 3. The lowest BCUT2D eigenvalue weighted by atomic mass is 10.1. The van der Waals surface area contributed by atoms with E-state index in [4.69, 9.17) is 9.47 Å². The van der Waals surface area contributed by atoms with Crippen LogP contribution in [-0.2, 0) is 13.2 Å². The van der Waals surface area contributed by atoms with Gasteiger partial charge < -0.3 is 14.8 Å². The molecule has 0 spiro atoms. The molecular weight excluding hydrogens is 468 g/mol. The summed E-state index contributed by atoms with van der Waals surface area (Å²) in [6, 6.07) is 17.0. The van der Waals surface area contributed by atoms with Crippen LogP contribution >= 0.6 is 22.6 Å². The van der Waals surface area contributed by atoms with E-state index in [-0.39, 0.29) is 12.4 Å². The fourth-order valence-corrected chi connectivity index (χ4v) is 3.66. The summed E-state index contributed by atoms with van der Waals surface area (Å²) in [4.78, 5) is 0. The molecular formula is C23H23FINO2. The Morgan fingerprint density at radius 3 is 2.50 bits per heavy atom. The normalized spacial score (nSPS) is 10.6. The molecule has 1 N–H and O–H groups in total. The van der Waals surface area contributed by atoms with Gasteiger partial charge in [0.15, 0.2) is 11.5 Å². The van der Waals surface area contributed by atoms with Crippen LogP contribution in [0.25, 0.3) is 0 Å². The van der Waals surface area contributed by atoms with Gasteiger partial charge in [-0.3, -0.25) is 0 Å². The van der Waals surface area contributed by atoms with Crippen LogP contribution < -0.4 is 14.8 Å². The fraction of sp³-hybridized carbons (Fsp3) is 0.217. The summed E-state index contributed by atoms with van der Waals surface area (Å²) in [5.74, 6) is 0.993. The number of ether oxygens (including phenoxy) is 2. The number of halogens is 2. The Labute approximate surface area is 179 Å². The molecule has 0 heterocycles. The predicted molar refractivity (Wildman–Crippen MR) is 120 cm³/mol. The first kappa shape index (κ1) is 20.5. The van der Waals surface area contributed by atoms with E-state index in [1.165, 1.54) is 17.2 Å². The zero-order chi connectivity index (χ0) is 20.1. The molecule has 0 saturated carbocycles. The van der Waals surface area contributed by atoms with Gasteiger partial charge in [-0.2, -0.15) is 0 Å². The summed E-state index contributed by atoms with van der Waals surface area (Å²) >= 11 is 2.22. The molecule has 3 aromatic carbocycles. The number of aryl methyl sites for hydroxylation is 2. The van der Waals surface area contributed by atoms with Crippen molar-refractivity contribution in [1.29, 1.82) is 0 Å². The van der Waals surface area contributed by atoms with Crippen LogP contribution in [0.2, 0.25) is 0 Å². The maximum Gasteiger partial charge on any atom is 0.174 e. The molecule has 0 radical (unpaired) electrons. The highest BCUT2D eigenvalue weighted by atomic mass is 127. The van der Waals surface area contributed by atoms with Gasteiger partial charge in [-0.15, -0.1) is 0 Å². The van der Waals surface area contributed by atoms with E-state index in [0.29, 0.717) is 23.6 Å². The fourth-order valence-electron chi connectivity index (χ4n) is 2.84. The van der Waals surface area contributed by atoms with E-state index >= 15 is 0 Å². The van der Waals surface area contributed by atoms with E-state index in [9.17, 15) is 4.39 Å². The second kappa shape index (κ2) is 9.28. The predicted octanol–water partition coefficient (Wildman–Crippen LogP) is 6.25. The number of methoxy groups -OCH3 is 1. The largest absolute Gasteiger partial charge is 0.493 e. The molecule has 3 rings (SSSR count). The summed E-state index contributed by atoms with van der Waals surface area (Å²) in [7, 11) is 1.61. The molecule has 146 valence electrons. The summed E-state index contributed by atoms with van der Waals surface area (Å²) in [5.41, 5.74) is 5.21. The first-order valence-electron chi connectivity index (χ1n) is 9.01. The minimum atomic E-state index is -0.273. The van der Waals surface area contributed by atoms with E-state index in [1.807, 2.05) is 12.1 Å². The van der Waals surface area contributed by atoms with Gasteiger partial charge in [-0.1, -0.05) is 24.3 Å². The van der Waals surface area contributed by atoms with Gasteiger partial charge in [-0.05, 0) is 83.5 Å². The van der Waals surface area contributed by atoms with Gasteiger partial charge in [0.25, 0.3) is 0 Å². The molecule has 0 bridgehead atoms. The highest BCUT2D eigenvalue weighted by Gasteiger charge is 2.13. The van der Waals surface area contributed by atoms with Crippen LogP contribution in [0.4, 0.5) is 10.1 Å². The van der Waals surface area contributed by atoms with E-state index in [2.05, 4.69) is 60.0 Å². The van der Waals surface area contributed by atoms with E-state index < -0.39 is 0 Å². The Bertz CT molecular complexity index is 975. The van der Waals surface area contributed by atoms with Crippen LogP contribution in [0.15, 0.2) is 54.6 Å². The summed E-state index contributed by atoms with van der Waals surface area (Å²) in [6.07, 6.45) is 0. The van der Waals surface area contributed by atoms with Crippen molar-refractivity contribution in [2.75, 3.05) is 12.4 Å². The molecule has 0 aliphatic carbocycles. The first-order chi connectivity index (χ1) is 13.5. The maximum atomic E-state index is 13.8. The minimum absolute atomic E-state index is 0.152. The zero-order valence-electron chi connectivity index (χ0n) is 16.2. The molecule has 28 heavy (non-hydrogen) atoms. The average molecular weight is 491 g/mol. The third-order valence-electron chi connectivity index (χ3n) is 4.62. The Balaban J connectivity index is 1.73. The minimum Gasteiger partial charge on any atom is -0.493 e. The van der Waals surface area contributed by atoms with Crippen LogP contribution in [0.5, 0.6) is 11.5 Å². The van der Waals surface area contributed by atoms with Crippen molar-refractivity contribution in [2.24, 2.45) is 0 Å². The van der Waals surface area contributed by atoms with Crippen molar-refractivity contribution in [3.05, 3.63) is 86.2 Å². The highest BCUT2D eigenvalue weighted by molar-refractivity contribution is 14.1. The molecule has 3 aromatic rings. The molecule has 3 nitrogen and oxygen atoms in total. The molecule has 0 atom stereocenters. The number of rotatable bonds is 7. The molecule has 0 amide bonds. The van der Waals surface area contributed by atoms with Gasteiger partial charge in [0.1, 0.15) is 12.4 Å². The second-order valence-corrected chi connectivity index (χ2v) is 7.80. The molecule has 0 fully saturated rings. The summed E-state index contributed by atoms with van der Waals surface area (Å²) < 4.78 is 26.2. The van der Waals surface area contributed by atoms with Crippen molar-refractivity contribution in [3.63, 3.8) is 0 Å². The third kappa shape index (κ3) is 4.95. The van der Waals surface area contributed by atoms with Crippen molar-refractivity contribution in [2.45, 2.75) is 27.0 Å². The maximum absolute atomic E-state index is 13.8. The van der Waals surface area contributed by atoms with Crippen molar-refractivity contribution in [1.82, 2.24) is 0 Å². The lowest BCUT2D eigenvalue weighted by Gasteiger charge is -2.15. The van der Waals surface area contributed by atoms with Crippen LogP contribution in [0.3, 0.4) is 0 Å². The number of hydrogen-bond donors (Lipinski definition) is 1. The van der Waals surface area contributed by atoms with Gasteiger partial charge >= 0.3 is 0 Å². The molecule has 5 heteroatoms. The number of hydrogen-bond acceptors (Lipinski definition) is 3. The quantitative estimate of drug-likeness (QED) is 0.397. The standard InChI is InChI=1S/C23H23FINO2/c1-15-8-9-19(10-16(15)2)26-13-17-11-21(25)23(22(12-17)27-3)28-14-18-6-4-5-7-20(18)24/h4-12,26H,13-14H2,1-3H3. The van der Waals surface area contributed by atoms with Crippen molar-refractivity contribution >= 4 is 28.3 Å². The van der Waals surface area contributed by atoms with Gasteiger partial charge in [0.2, 0.25) is 0 Å².